The molecule has 0 bridgehead atoms. The van der Waals surface area contributed by atoms with Crippen molar-refractivity contribution in [2.45, 2.75) is 26.7 Å². The normalized spacial score (nSPS) is 18.3. The lowest BCUT2D eigenvalue weighted by Gasteiger charge is -2.29. The minimum atomic E-state index is 0.119. The molecule has 0 radical (unpaired) electrons. The summed E-state index contributed by atoms with van der Waals surface area (Å²) in [7, 11) is 0. The summed E-state index contributed by atoms with van der Waals surface area (Å²) in [6, 6.07) is 9.86. The van der Waals surface area contributed by atoms with E-state index in [9.17, 15) is 4.79 Å². The molecule has 1 amide bonds. The molecule has 3 heterocycles. The first kappa shape index (κ1) is 18.7. The van der Waals surface area contributed by atoms with Crippen LogP contribution in [0.4, 0.5) is 11.5 Å². The van der Waals surface area contributed by atoms with Crippen molar-refractivity contribution in [3.63, 3.8) is 0 Å². The standard InChI is InChI=1S/C21H27N5O2/c1-16-14-20(23-17(2)22-16)25-10-5-9-24(11-12-25)15-26-18-6-3-4-7-19(18)28-13-8-21(26)27/h3-4,6-7,14H,5,8-13,15H2,1-2H3. The number of hydrogen-bond donors (Lipinski definition) is 0. The predicted molar refractivity (Wildman–Crippen MR) is 109 cm³/mol. The van der Waals surface area contributed by atoms with Gasteiger partial charge in [0, 0.05) is 37.9 Å². The van der Waals surface area contributed by atoms with E-state index in [4.69, 9.17) is 4.74 Å². The lowest BCUT2D eigenvalue weighted by atomic mass is 10.2. The highest BCUT2D eigenvalue weighted by Gasteiger charge is 2.26. The first-order valence-corrected chi connectivity index (χ1v) is 9.92. The SMILES string of the molecule is Cc1cc(N2CCCN(CN3C(=O)CCOc4ccccc43)CC2)nc(C)n1. The molecule has 7 nitrogen and oxygen atoms in total. The monoisotopic (exact) mass is 381 g/mol. The van der Waals surface area contributed by atoms with Crippen molar-refractivity contribution in [3.05, 3.63) is 41.9 Å². The molecular formula is C21H27N5O2. The van der Waals surface area contributed by atoms with Gasteiger partial charge in [0.15, 0.2) is 0 Å². The van der Waals surface area contributed by atoms with Gasteiger partial charge in [0.1, 0.15) is 17.4 Å². The highest BCUT2D eigenvalue weighted by molar-refractivity contribution is 5.95. The number of benzene rings is 1. The highest BCUT2D eigenvalue weighted by Crippen LogP contribution is 2.31. The van der Waals surface area contributed by atoms with Crippen LogP contribution in [0.3, 0.4) is 0 Å². The van der Waals surface area contributed by atoms with Gasteiger partial charge < -0.3 is 9.64 Å². The number of ether oxygens (including phenoxy) is 1. The Morgan fingerprint density at radius 2 is 1.93 bits per heavy atom. The quantitative estimate of drug-likeness (QED) is 0.814. The summed E-state index contributed by atoms with van der Waals surface area (Å²) in [5, 5.41) is 0. The molecule has 0 aliphatic carbocycles. The zero-order chi connectivity index (χ0) is 19.5. The highest BCUT2D eigenvalue weighted by atomic mass is 16.5. The van der Waals surface area contributed by atoms with Crippen LogP contribution in [0.2, 0.25) is 0 Å². The molecule has 4 rings (SSSR count). The Bertz CT molecular complexity index is 836. The average molecular weight is 381 g/mol. The van der Waals surface area contributed by atoms with Crippen molar-refractivity contribution in [1.29, 1.82) is 0 Å². The Morgan fingerprint density at radius 1 is 1.07 bits per heavy atom. The summed E-state index contributed by atoms with van der Waals surface area (Å²) in [4.78, 5) is 28.2. The van der Waals surface area contributed by atoms with E-state index in [-0.39, 0.29) is 5.91 Å². The minimum Gasteiger partial charge on any atom is -0.491 e. The number of nitrogens with zero attached hydrogens (tertiary/aromatic N) is 5. The second-order valence-corrected chi connectivity index (χ2v) is 7.40. The Balaban J connectivity index is 1.47. The Kier molecular flexibility index (Phi) is 5.43. The van der Waals surface area contributed by atoms with Gasteiger partial charge >= 0.3 is 0 Å². The van der Waals surface area contributed by atoms with E-state index >= 15 is 0 Å². The number of amides is 1. The largest absolute Gasteiger partial charge is 0.491 e. The number of carbonyl (C=O) groups is 1. The van der Waals surface area contributed by atoms with Crippen LogP contribution in [0.15, 0.2) is 30.3 Å². The maximum absolute atomic E-state index is 12.7. The van der Waals surface area contributed by atoms with E-state index in [1.165, 1.54) is 0 Å². The molecule has 1 saturated heterocycles. The number of carbonyl (C=O) groups excluding carboxylic acids is 1. The molecule has 0 unspecified atom stereocenters. The number of para-hydroxylation sites is 2. The topological polar surface area (TPSA) is 61.8 Å². The number of rotatable bonds is 3. The van der Waals surface area contributed by atoms with Crippen LogP contribution in [0.5, 0.6) is 5.75 Å². The fraction of sp³-hybridized carbons (Fsp3) is 0.476. The Labute approximate surface area is 165 Å². The molecule has 0 saturated carbocycles. The van der Waals surface area contributed by atoms with Crippen LogP contribution in [0.25, 0.3) is 0 Å². The summed E-state index contributed by atoms with van der Waals surface area (Å²) < 4.78 is 5.76. The molecule has 0 spiro atoms. The number of hydrogen-bond acceptors (Lipinski definition) is 6. The Morgan fingerprint density at radius 3 is 2.79 bits per heavy atom. The van der Waals surface area contributed by atoms with Crippen molar-refractivity contribution in [2.24, 2.45) is 0 Å². The van der Waals surface area contributed by atoms with Crippen molar-refractivity contribution >= 4 is 17.4 Å². The van der Waals surface area contributed by atoms with Gasteiger partial charge in [-0.2, -0.15) is 0 Å². The molecule has 28 heavy (non-hydrogen) atoms. The lowest BCUT2D eigenvalue weighted by Crippen LogP contribution is -2.43. The van der Waals surface area contributed by atoms with Gasteiger partial charge in [-0.1, -0.05) is 12.1 Å². The molecule has 2 aliphatic heterocycles. The van der Waals surface area contributed by atoms with Crippen molar-refractivity contribution in [3.8, 4) is 5.75 Å². The number of aromatic nitrogens is 2. The second kappa shape index (κ2) is 8.14. The van der Waals surface area contributed by atoms with Gasteiger partial charge in [0.25, 0.3) is 0 Å². The third-order valence-corrected chi connectivity index (χ3v) is 5.24. The summed E-state index contributed by atoms with van der Waals surface area (Å²) in [5.74, 6) is 2.71. The molecule has 0 atom stereocenters. The van der Waals surface area contributed by atoms with Crippen LogP contribution >= 0.6 is 0 Å². The van der Waals surface area contributed by atoms with Gasteiger partial charge in [-0.3, -0.25) is 14.6 Å². The Hall–Kier alpha value is -2.67. The molecule has 2 aliphatic rings. The number of anilines is 2. The van der Waals surface area contributed by atoms with Crippen LogP contribution < -0.4 is 14.5 Å². The third kappa shape index (κ3) is 4.09. The van der Waals surface area contributed by atoms with Crippen LogP contribution in [0.1, 0.15) is 24.4 Å². The van der Waals surface area contributed by atoms with Crippen LogP contribution in [-0.4, -0.2) is 60.2 Å². The summed E-state index contributed by atoms with van der Waals surface area (Å²) >= 11 is 0. The fourth-order valence-corrected chi connectivity index (χ4v) is 3.88. The van der Waals surface area contributed by atoms with E-state index in [1.807, 2.05) is 43.0 Å². The van der Waals surface area contributed by atoms with E-state index in [2.05, 4.69) is 25.8 Å². The van der Waals surface area contributed by atoms with Crippen molar-refractivity contribution in [1.82, 2.24) is 14.9 Å². The molecule has 148 valence electrons. The number of aryl methyl sites for hydroxylation is 2. The second-order valence-electron chi connectivity index (χ2n) is 7.40. The van der Waals surface area contributed by atoms with E-state index in [0.717, 1.165) is 61.4 Å². The van der Waals surface area contributed by atoms with Gasteiger partial charge in [-0.15, -0.1) is 0 Å². The average Bonchev–Trinajstić information content (AvgIpc) is 2.99. The zero-order valence-electron chi connectivity index (χ0n) is 16.6. The summed E-state index contributed by atoms with van der Waals surface area (Å²) in [6.45, 7) is 8.65. The molecule has 1 aromatic heterocycles. The lowest BCUT2D eigenvalue weighted by molar-refractivity contribution is -0.119. The van der Waals surface area contributed by atoms with Gasteiger partial charge in [-0.05, 0) is 32.4 Å². The zero-order valence-corrected chi connectivity index (χ0v) is 16.6. The molecule has 2 aromatic rings. The molecule has 1 fully saturated rings. The molecule has 7 heteroatoms. The van der Waals surface area contributed by atoms with Gasteiger partial charge in [0.05, 0.1) is 25.4 Å². The van der Waals surface area contributed by atoms with E-state index in [1.54, 1.807) is 0 Å². The van der Waals surface area contributed by atoms with Gasteiger partial charge in [-0.25, -0.2) is 9.97 Å². The third-order valence-electron chi connectivity index (χ3n) is 5.24. The smallest absolute Gasteiger partial charge is 0.231 e. The summed E-state index contributed by atoms with van der Waals surface area (Å²) in [5.41, 5.74) is 1.86. The molecular weight excluding hydrogens is 354 g/mol. The van der Waals surface area contributed by atoms with E-state index in [0.29, 0.717) is 19.7 Å². The molecule has 1 aromatic carbocycles. The van der Waals surface area contributed by atoms with Gasteiger partial charge in [0.2, 0.25) is 5.91 Å². The maximum atomic E-state index is 12.7. The van der Waals surface area contributed by atoms with Crippen molar-refractivity contribution < 1.29 is 9.53 Å². The van der Waals surface area contributed by atoms with Crippen LogP contribution in [-0.2, 0) is 4.79 Å². The van der Waals surface area contributed by atoms with E-state index < -0.39 is 0 Å². The first-order chi connectivity index (χ1) is 13.6. The van der Waals surface area contributed by atoms with Crippen LogP contribution in [0, 0.1) is 13.8 Å². The van der Waals surface area contributed by atoms with Crippen molar-refractivity contribution in [2.75, 3.05) is 49.3 Å². The first-order valence-electron chi connectivity index (χ1n) is 9.92. The minimum absolute atomic E-state index is 0.119. The maximum Gasteiger partial charge on any atom is 0.231 e. The predicted octanol–water partition coefficient (Wildman–Crippen LogP) is 2.38. The molecule has 0 N–H and O–H groups in total. The number of fused-ring (bicyclic) bond motifs is 1. The fourth-order valence-electron chi connectivity index (χ4n) is 3.88. The summed E-state index contributed by atoms with van der Waals surface area (Å²) in [6.07, 6.45) is 1.44.